The van der Waals surface area contributed by atoms with Crippen LogP contribution in [0.4, 0.5) is 0 Å². The van der Waals surface area contributed by atoms with Crippen LogP contribution in [0.1, 0.15) is 37.7 Å². The molecule has 0 bridgehead atoms. The van der Waals surface area contributed by atoms with Crippen molar-refractivity contribution in [1.29, 1.82) is 0 Å². The van der Waals surface area contributed by atoms with Crippen LogP contribution < -0.4 is 5.32 Å². The van der Waals surface area contributed by atoms with Crippen molar-refractivity contribution in [1.82, 2.24) is 5.32 Å². The minimum Gasteiger partial charge on any atom is -0.481 e. The first-order chi connectivity index (χ1) is 9.02. The normalized spacial score (nSPS) is 15.8. The number of rotatable bonds is 6. The Morgan fingerprint density at radius 3 is 2.37 bits per heavy atom. The lowest BCUT2D eigenvalue weighted by Gasteiger charge is -2.18. The van der Waals surface area contributed by atoms with Gasteiger partial charge in [0, 0.05) is 17.9 Å². The van der Waals surface area contributed by atoms with Gasteiger partial charge in [-0.05, 0) is 37.0 Å². The van der Waals surface area contributed by atoms with Crippen LogP contribution in [0.3, 0.4) is 0 Å². The molecule has 5 heteroatoms. The molecule has 0 saturated heterocycles. The van der Waals surface area contributed by atoms with Gasteiger partial charge in [-0.2, -0.15) is 0 Å². The number of benzene rings is 1. The van der Waals surface area contributed by atoms with Crippen molar-refractivity contribution in [3.05, 3.63) is 34.9 Å². The van der Waals surface area contributed by atoms with Gasteiger partial charge in [-0.1, -0.05) is 23.7 Å². The number of nitrogens with one attached hydrogen (secondary N) is 1. The molecule has 0 aromatic heterocycles. The smallest absolute Gasteiger partial charge is 0.303 e. The lowest BCUT2D eigenvalue weighted by molar-refractivity contribution is -0.137. The Labute approximate surface area is 116 Å². The van der Waals surface area contributed by atoms with E-state index in [-0.39, 0.29) is 24.3 Å². The number of hydrogen-bond donors (Lipinski definition) is 2. The predicted octanol–water partition coefficient (Wildman–Crippen LogP) is 2.70. The lowest BCUT2D eigenvalue weighted by atomic mass is 10.0. The molecule has 0 heterocycles. The molecular weight excluding hydrogens is 266 g/mol. The highest BCUT2D eigenvalue weighted by molar-refractivity contribution is 6.30. The zero-order chi connectivity index (χ0) is 13.9. The number of aliphatic carboxylic acids is 1. The molecule has 1 aromatic rings. The largest absolute Gasteiger partial charge is 0.481 e. The third-order valence-electron chi connectivity index (χ3n) is 3.32. The Morgan fingerprint density at radius 1 is 1.21 bits per heavy atom. The number of carboxylic acids is 1. The number of amides is 1. The van der Waals surface area contributed by atoms with Crippen molar-refractivity contribution in [2.75, 3.05) is 0 Å². The Bertz CT molecular complexity index is 480. The fourth-order valence-electron chi connectivity index (χ4n) is 2.11. The van der Waals surface area contributed by atoms with Gasteiger partial charge in [-0.15, -0.1) is 0 Å². The molecule has 1 aromatic carbocycles. The van der Waals surface area contributed by atoms with Crippen LogP contribution in [0.15, 0.2) is 24.3 Å². The van der Waals surface area contributed by atoms with E-state index in [0.717, 1.165) is 18.4 Å². The first-order valence-electron chi connectivity index (χ1n) is 6.31. The second-order valence-corrected chi connectivity index (χ2v) is 5.32. The summed E-state index contributed by atoms with van der Waals surface area (Å²) in [7, 11) is 0. The maximum Gasteiger partial charge on any atom is 0.303 e. The van der Waals surface area contributed by atoms with E-state index in [4.69, 9.17) is 16.7 Å². The average Bonchev–Trinajstić information content (AvgIpc) is 3.10. The van der Waals surface area contributed by atoms with Crippen molar-refractivity contribution in [3.63, 3.8) is 0 Å². The molecule has 4 nitrogen and oxygen atoms in total. The molecule has 0 radical (unpaired) electrons. The summed E-state index contributed by atoms with van der Waals surface area (Å²) in [5.74, 6) is -0.958. The van der Waals surface area contributed by atoms with Gasteiger partial charge in [0.25, 0.3) is 0 Å². The summed E-state index contributed by atoms with van der Waals surface area (Å²) in [5.41, 5.74) is 0.800. The molecule has 19 heavy (non-hydrogen) atoms. The van der Waals surface area contributed by atoms with Gasteiger partial charge in [-0.25, -0.2) is 0 Å². The highest BCUT2D eigenvalue weighted by Crippen LogP contribution is 2.45. The second kappa shape index (κ2) is 5.61. The number of halogens is 1. The molecule has 1 saturated carbocycles. The summed E-state index contributed by atoms with van der Waals surface area (Å²) < 4.78 is 0. The first-order valence-corrected chi connectivity index (χ1v) is 6.68. The average molecular weight is 282 g/mol. The molecular formula is C14H16ClNO3. The van der Waals surface area contributed by atoms with E-state index in [1.165, 1.54) is 0 Å². The second-order valence-electron chi connectivity index (χ2n) is 4.88. The van der Waals surface area contributed by atoms with Crippen molar-refractivity contribution in [2.24, 2.45) is 0 Å². The minimum absolute atomic E-state index is 0.0291. The molecule has 2 rings (SSSR count). The van der Waals surface area contributed by atoms with Crippen LogP contribution >= 0.6 is 11.6 Å². The molecule has 1 aliphatic rings. The third-order valence-corrected chi connectivity index (χ3v) is 3.57. The van der Waals surface area contributed by atoms with E-state index in [0.29, 0.717) is 11.4 Å². The Balaban J connectivity index is 1.89. The highest BCUT2D eigenvalue weighted by atomic mass is 35.5. The Kier molecular flexibility index (Phi) is 4.10. The standard InChI is InChI=1S/C14H16ClNO3/c15-11-6-4-10(5-7-11)14(8-9-14)16-12(17)2-1-3-13(18)19/h4-7H,1-3,8-9H2,(H,16,17)(H,18,19). The Hall–Kier alpha value is -1.55. The van der Waals surface area contributed by atoms with Gasteiger partial charge < -0.3 is 10.4 Å². The summed E-state index contributed by atoms with van der Waals surface area (Å²) in [5, 5.41) is 12.2. The quantitative estimate of drug-likeness (QED) is 0.842. The number of carbonyl (C=O) groups excluding carboxylic acids is 1. The zero-order valence-electron chi connectivity index (χ0n) is 10.5. The van der Waals surface area contributed by atoms with Gasteiger partial charge in [-0.3, -0.25) is 9.59 Å². The first kappa shape index (κ1) is 13.9. The van der Waals surface area contributed by atoms with Crippen molar-refractivity contribution in [3.8, 4) is 0 Å². The number of carbonyl (C=O) groups is 2. The van der Waals surface area contributed by atoms with Crippen LogP contribution in [0, 0.1) is 0 Å². The molecule has 1 fully saturated rings. The van der Waals surface area contributed by atoms with Gasteiger partial charge in [0.2, 0.25) is 5.91 Å². The van der Waals surface area contributed by atoms with Crippen molar-refractivity contribution >= 4 is 23.5 Å². The fraction of sp³-hybridized carbons (Fsp3) is 0.429. The van der Waals surface area contributed by atoms with Gasteiger partial charge in [0.1, 0.15) is 0 Å². The predicted molar refractivity (Wildman–Crippen MR) is 72.0 cm³/mol. The van der Waals surface area contributed by atoms with Crippen LogP contribution in [-0.2, 0) is 15.1 Å². The van der Waals surface area contributed by atoms with E-state index in [1.54, 1.807) is 0 Å². The number of carboxylic acid groups (broad SMARTS) is 1. The molecule has 2 N–H and O–H groups in total. The van der Waals surface area contributed by atoms with E-state index in [9.17, 15) is 9.59 Å². The molecule has 1 amide bonds. The summed E-state index contributed by atoms with van der Waals surface area (Å²) in [6.07, 6.45) is 2.49. The van der Waals surface area contributed by atoms with Gasteiger partial charge in [0.15, 0.2) is 0 Å². The van der Waals surface area contributed by atoms with Crippen LogP contribution in [-0.4, -0.2) is 17.0 Å². The summed E-state index contributed by atoms with van der Waals surface area (Å²) >= 11 is 5.84. The van der Waals surface area contributed by atoms with Crippen LogP contribution in [0.2, 0.25) is 5.02 Å². The van der Waals surface area contributed by atoms with Gasteiger partial charge >= 0.3 is 5.97 Å². The topological polar surface area (TPSA) is 66.4 Å². The molecule has 0 aliphatic heterocycles. The Morgan fingerprint density at radius 2 is 1.84 bits per heavy atom. The molecule has 102 valence electrons. The van der Waals surface area contributed by atoms with Gasteiger partial charge in [0.05, 0.1) is 5.54 Å². The minimum atomic E-state index is -0.869. The molecule has 0 unspecified atom stereocenters. The zero-order valence-corrected chi connectivity index (χ0v) is 11.2. The van der Waals surface area contributed by atoms with E-state index in [1.807, 2.05) is 24.3 Å². The molecule has 0 atom stereocenters. The third kappa shape index (κ3) is 3.70. The fourth-order valence-corrected chi connectivity index (χ4v) is 2.24. The van der Waals surface area contributed by atoms with E-state index in [2.05, 4.69) is 5.32 Å². The summed E-state index contributed by atoms with van der Waals surface area (Å²) in [6, 6.07) is 7.47. The van der Waals surface area contributed by atoms with Crippen molar-refractivity contribution in [2.45, 2.75) is 37.6 Å². The SMILES string of the molecule is O=C(O)CCCC(=O)NC1(c2ccc(Cl)cc2)CC1. The number of hydrogen-bond acceptors (Lipinski definition) is 2. The summed E-state index contributed by atoms with van der Waals surface area (Å²) in [4.78, 5) is 22.2. The molecule has 0 spiro atoms. The maximum atomic E-state index is 11.8. The van der Waals surface area contributed by atoms with E-state index >= 15 is 0 Å². The highest BCUT2D eigenvalue weighted by Gasteiger charge is 2.45. The van der Waals surface area contributed by atoms with E-state index < -0.39 is 5.97 Å². The summed E-state index contributed by atoms with van der Waals surface area (Å²) in [6.45, 7) is 0. The van der Waals surface area contributed by atoms with Crippen LogP contribution in [0.5, 0.6) is 0 Å². The maximum absolute atomic E-state index is 11.8. The monoisotopic (exact) mass is 281 g/mol. The van der Waals surface area contributed by atoms with Crippen molar-refractivity contribution < 1.29 is 14.7 Å². The van der Waals surface area contributed by atoms with Crippen LogP contribution in [0.25, 0.3) is 0 Å². The lowest BCUT2D eigenvalue weighted by Crippen LogP contribution is -2.34. The molecule has 1 aliphatic carbocycles.